The number of sulfonamides is 1. The van der Waals surface area contributed by atoms with E-state index < -0.39 is 33.7 Å². The number of anilines is 1. The molecule has 7 nitrogen and oxygen atoms in total. The van der Waals surface area contributed by atoms with Gasteiger partial charge < -0.3 is 10.2 Å². The molecule has 1 atom stereocenters. The van der Waals surface area contributed by atoms with Gasteiger partial charge in [-0.05, 0) is 61.6 Å². The van der Waals surface area contributed by atoms with Gasteiger partial charge in [0, 0.05) is 25.6 Å². The molecule has 2 amide bonds. The SMILES string of the molecule is CC[C@H](C(=O)NC1CCCC1)N(Cc1ccc(Cl)c(Cl)c1)C(=O)CCCN(c1cccc(C(F)(F)F)c1)S(C)(=O)=O. The molecule has 1 aliphatic rings. The van der Waals surface area contributed by atoms with Gasteiger partial charge in [-0.1, -0.05) is 55.1 Å². The second-order valence-electron chi connectivity index (χ2n) is 10.2. The molecule has 1 N–H and O–H groups in total. The van der Waals surface area contributed by atoms with Crippen LogP contribution in [-0.4, -0.2) is 50.0 Å². The lowest BCUT2D eigenvalue weighted by Crippen LogP contribution is -2.51. The van der Waals surface area contributed by atoms with Crippen molar-refractivity contribution in [2.75, 3.05) is 17.1 Å². The maximum Gasteiger partial charge on any atom is 0.416 e. The van der Waals surface area contributed by atoms with Crippen molar-refractivity contribution in [3.63, 3.8) is 0 Å². The maximum absolute atomic E-state index is 13.6. The van der Waals surface area contributed by atoms with E-state index in [0.29, 0.717) is 22.0 Å². The summed E-state index contributed by atoms with van der Waals surface area (Å²) in [6.45, 7) is 1.64. The minimum absolute atomic E-state index is 0.0146. The number of rotatable bonds is 12. The Morgan fingerprint density at radius 2 is 1.76 bits per heavy atom. The number of nitrogens with one attached hydrogen (secondary N) is 1. The summed E-state index contributed by atoms with van der Waals surface area (Å²) < 4.78 is 65.5. The van der Waals surface area contributed by atoms with Crippen molar-refractivity contribution < 1.29 is 31.2 Å². The van der Waals surface area contributed by atoms with E-state index >= 15 is 0 Å². The van der Waals surface area contributed by atoms with Crippen LogP contribution in [0, 0.1) is 0 Å². The predicted molar refractivity (Wildman–Crippen MR) is 154 cm³/mol. The van der Waals surface area contributed by atoms with Crippen LogP contribution in [-0.2, 0) is 32.3 Å². The summed E-state index contributed by atoms with van der Waals surface area (Å²) >= 11 is 12.2. The van der Waals surface area contributed by atoms with Gasteiger partial charge in [-0.25, -0.2) is 8.42 Å². The molecule has 1 saturated carbocycles. The van der Waals surface area contributed by atoms with E-state index in [9.17, 15) is 31.2 Å². The summed E-state index contributed by atoms with van der Waals surface area (Å²) in [5.74, 6) is -0.670. The van der Waals surface area contributed by atoms with Crippen LogP contribution in [0.15, 0.2) is 42.5 Å². The molecular weight excluding hydrogens is 602 g/mol. The van der Waals surface area contributed by atoms with Crippen molar-refractivity contribution in [1.82, 2.24) is 10.2 Å². The first-order chi connectivity index (χ1) is 19.2. The van der Waals surface area contributed by atoms with Crippen LogP contribution in [0.2, 0.25) is 10.0 Å². The van der Waals surface area contributed by atoms with Crippen molar-refractivity contribution in [3.05, 3.63) is 63.6 Å². The summed E-state index contributed by atoms with van der Waals surface area (Å²) in [6, 6.07) is 8.21. The number of carbonyl (C=O) groups is 2. The highest BCUT2D eigenvalue weighted by molar-refractivity contribution is 7.92. The molecule has 0 bridgehead atoms. The van der Waals surface area contributed by atoms with E-state index in [1.54, 1.807) is 25.1 Å². The average Bonchev–Trinajstić information content (AvgIpc) is 3.40. The zero-order valence-corrected chi connectivity index (χ0v) is 25.2. The number of alkyl halides is 3. The van der Waals surface area contributed by atoms with Crippen LogP contribution in [0.25, 0.3) is 0 Å². The zero-order chi connectivity index (χ0) is 30.4. The van der Waals surface area contributed by atoms with Gasteiger partial charge in [0.15, 0.2) is 0 Å². The highest BCUT2D eigenvalue weighted by atomic mass is 35.5. The minimum atomic E-state index is -4.64. The molecule has 0 aliphatic heterocycles. The summed E-state index contributed by atoms with van der Waals surface area (Å²) in [5.41, 5.74) is -0.474. The third-order valence-corrected chi connectivity index (χ3v) is 8.97. The highest BCUT2D eigenvalue weighted by Gasteiger charge is 2.33. The summed E-state index contributed by atoms with van der Waals surface area (Å²) in [5, 5.41) is 3.68. The number of carbonyl (C=O) groups excluding carboxylic acids is 2. The first kappa shape index (κ1) is 33.0. The predicted octanol–water partition coefficient (Wildman–Crippen LogP) is 6.42. The number of hydrogen-bond donors (Lipinski definition) is 1. The van der Waals surface area contributed by atoms with Gasteiger partial charge >= 0.3 is 6.18 Å². The van der Waals surface area contributed by atoms with Crippen molar-refractivity contribution >= 4 is 50.7 Å². The number of nitrogens with zero attached hydrogens (tertiary/aromatic N) is 2. The van der Waals surface area contributed by atoms with Crippen LogP contribution in [0.3, 0.4) is 0 Å². The topological polar surface area (TPSA) is 86.8 Å². The van der Waals surface area contributed by atoms with E-state index in [1.807, 2.05) is 0 Å². The average molecular weight is 637 g/mol. The lowest BCUT2D eigenvalue weighted by Gasteiger charge is -2.32. The van der Waals surface area contributed by atoms with Crippen LogP contribution in [0.5, 0.6) is 0 Å². The lowest BCUT2D eigenvalue weighted by molar-refractivity contribution is -0.141. The fourth-order valence-corrected chi connectivity index (χ4v) is 6.24. The second kappa shape index (κ2) is 14.1. The van der Waals surface area contributed by atoms with Crippen LogP contribution >= 0.6 is 23.2 Å². The zero-order valence-electron chi connectivity index (χ0n) is 22.9. The smallest absolute Gasteiger partial charge is 0.352 e. The van der Waals surface area contributed by atoms with E-state index in [4.69, 9.17) is 23.2 Å². The Hall–Kier alpha value is -2.50. The first-order valence-electron chi connectivity index (χ1n) is 13.4. The van der Waals surface area contributed by atoms with Crippen LogP contribution < -0.4 is 9.62 Å². The third-order valence-electron chi connectivity index (χ3n) is 7.04. The van der Waals surface area contributed by atoms with Crippen molar-refractivity contribution in [2.24, 2.45) is 0 Å². The van der Waals surface area contributed by atoms with Crippen LogP contribution in [0.4, 0.5) is 18.9 Å². The molecule has 1 aliphatic carbocycles. The van der Waals surface area contributed by atoms with Gasteiger partial charge in [0.05, 0.1) is 27.6 Å². The molecule has 0 saturated heterocycles. The Bertz CT molecular complexity index is 1340. The largest absolute Gasteiger partial charge is 0.416 e. The third kappa shape index (κ3) is 9.24. The Morgan fingerprint density at radius 1 is 1.07 bits per heavy atom. The van der Waals surface area contributed by atoms with Gasteiger partial charge in [0.1, 0.15) is 6.04 Å². The summed E-state index contributed by atoms with van der Waals surface area (Å²) in [6.07, 6.45) is 0.262. The molecule has 226 valence electrons. The number of benzene rings is 2. The molecule has 2 aromatic rings. The molecule has 0 aromatic heterocycles. The molecule has 2 aromatic carbocycles. The van der Waals surface area contributed by atoms with Crippen LogP contribution in [0.1, 0.15) is 63.0 Å². The van der Waals surface area contributed by atoms with E-state index in [-0.39, 0.29) is 43.6 Å². The van der Waals surface area contributed by atoms with Gasteiger partial charge in [-0.3, -0.25) is 13.9 Å². The quantitative estimate of drug-likeness (QED) is 0.291. The van der Waals surface area contributed by atoms with Crippen molar-refractivity contribution in [1.29, 1.82) is 0 Å². The van der Waals surface area contributed by atoms with E-state index in [2.05, 4.69) is 5.32 Å². The number of hydrogen-bond acceptors (Lipinski definition) is 4. The highest BCUT2D eigenvalue weighted by Crippen LogP contribution is 2.32. The molecule has 0 spiro atoms. The summed E-state index contributed by atoms with van der Waals surface area (Å²) in [7, 11) is -3.95. The fraction of sp³-hybridized carbons (Fsp3) is 0.500. The monoisotopic (exact) mass is 635 g/mol. The van der Waals surface area contributed by atoms with Gasteiger partial charge in [0.2, 0.25) is 21.8 Å². The number of halogens is 5. The van der Waals surface area contributed by atoms with E-state index in [0.717, 1.165) is 54.4 Å². The number of amides is 2. The molecule has 0 radical (unpaired) electrons. The molecule has 1 fully saturated rings. The Balaban J connectivity index is 1.80. The van der Waals surface area contributed by atoms with Crippen molar-refractivity contribution in [3.8, 4) is 0 Å². The second-order valence-corrected chi connectivity index (χ2v) is 12.9. The molecule has 13 heteroatoms. The fourth-order valence-electron chi connectivity index (χ4n) is 4.96. The summed E-state index contributed by atoms with van der Waals surface area (Å²) in [4.78, 5) is 28.3. The van der Waals surface area contributed by atoms with Gasteiger partial charge in [0.25, 0.3) is 0 Å². The van der Waals surface area contributed by atoms with Gasteiger partial charge in [-0.2, -0.15) is 13.2 Å². The Morgan fingerprint density at radius 3 is 2.34 bits per heavy atom. The minimum Gasteiger partial charge on any atom is -0.352 e. The normalized spacial score (nSPS) is 15.0. The standard InChI is InChI=1S/C28H34Cl2F3N3O4S/c1-3-25(27(38)34-21-9-4-5-10-21)35(18-19-13-14-23(29)24(30)16-19)26(37)12-7-15-36(41(2,39)40)22-11-6-8-20(17-22)28(31,32)33/h6,8,11,13-14,16-17,21,25H,3-5,7,9-10,12,15,18H2,1-2H3,(H,34,38)/t25-/m1/s1. The molecular formula is C28H34Cl2F3N3O4S. The van der Waals surface area contributed by atoms with Crippen molar-refractivity contribution in [2.45, 2.75) is 76.7 Å². The van der Waals surface area contributed by atoms with Gasteiger partial charge in [-0.15, -0.1) is 0 Å². The first-order valence-corrected chi connectivity index (χ1v) is 16.0. The molecule has 3 rings (SSSR count). The van der Waals surface area contributed by atoms with E-state index in [1.165, 1.54) is 11.0 Å². The Labute approximate surface area is 249 Å². The Kier molecular flexibility index (Phi) is 11.4. The molecule has 0 unspecified atom stereocenters. The molecule has 0 heterocycles. The maximum atomic E-state index is 13.6. The lowest BCUT2D eigenvalue weighted by atomic mass is 10.1. The molecule has 41 heavy (non-hydrogen) atoms.